The number of rotatable bonds is 11. The first kappa shape index (κ1) is 31.0. The standard InChI is InChI=1S/C13H19BrN4O4.C10H14BrN3O3/c1-3-15-12(20)18-7-13(8-18,9-5-10(14)17-16-9)22-6-11(19)21-4-2;1-2-16-9(15)4-17-10(5-12-6-10)7-3-8(11)14-13-7/h5H,3-4,6-8H2,1-2H3,(H,15,20)(H,16,17);3,12H,2,4-6H2,1H3,(H,13,14). The van der Waals surface area contributed by atoms with Crippen LogP contribution < -0.4 is 10.6 Å². The molecule has 16 heteroatoms. The first-order valence-corrected chi connectivity index (χ1v) is 14.0. The lowest BCUT2D eigenvalue weighted by atomic mass is 9.90. The van der Waals surface area contributed by atoms with Gasteiger partial charge in [0.15, 0.2) is 0 Å². The first-order valence-electron chi connectivity index (χ1n) is 12.4. The van der Waals surface area contributed by atoms with E-state index in [9.17, 15) is 14.4 Å². The summed E-state index contributed by atoms with van der Waals surface area (Å²) in [7, 11) is 0. The number of ether oxygens (including phenoxy) is 4. The highest BCUT2D eigenvalue weighted by Gasteiger charge is 2.50. The number of carbonyl (C=O) groups excluding carboxylic acids is 3. The quantitative estimate of drug-likeness (QED) is 0.256. The molecule has 2 aliphatic heterocycles. The molecule has 0 bridgehead atoms. The molecule has 0 spiro atoms. The van der Waals surface area contributed by atoms with Crippen LogP contribution in [0.5, 0.6) is 0 Å². The zero-order valence-electron chi connectivity index (χ0n) is 22.0. The third-order valence-electron chi connectivity index (χ3n) is 5.90. The Bertz CT molecular complexity index is 1110. The van der Waals surface area contributed by atoms with Gasteiger partial charge in [-0.1, -0.05) is 0 Å². The summed E-state index contributed by atoms with van der Waals surface area (Å²) in [6.07, 6.45) is 0. The average Bonchev–Trinajstić information content (AvgIpc) is 3.47. The van der Waals surface area contributed by atoms with Gasteiger partial charge in [-0.3, -0.25) is 10.2 Å². The van der Waals surface area contributed by atoms with Crippen LogP contribution in [0, 0.1) is 0 Å². The maximum absolute atomic E-state index is 11.8. The van der Waals surface area contributed by atoms with Crippen molar-refractivity contribution >= 4 is 49.8 Å². The number of aromatic amines is 2. The molecule has 2 aromatic rings. The van der Waals surface area contributed by atoms with Crippen LogP contribution in [0.4, 0.5) is 4.79 Å². The van der Waals surface area contributed by atoms with E-state index in [0.29, 0.717) is 56.2 Å². The molecule has 2 aromatic heterocycles. The van der Waals surface area contributed by atoms with Crippen molar-refractivity contribution in [1.82, 2.24) is 35.9 Å². The fourth-order valence-corrected chi connectivity index (χ4v) is 4.49. The Hall–Kier alpha value is -2.53. The summed E-state index contributed by atoms with van der Waals surface area (Å²) in [6.45, 7) is 8.28. The number of aromatic nitrogens is 4. The number of nitrogens with zero attached hydrogens (tertiary/aromatic N) is 3. The number of hydrogen-bond acceptors (Lipinski definition) is 10. The lowest BCUT2D eigenvalue weighted by Gasteiger charge is -2.48. The Balaban J connectivity index is 0.000000223. The molecule has 0 saturated carbocycles. The topological polar surface area (TPSA) is 173 Å². The number of carbonyl (C=O) groups is 3. The molecule has 0 unspecified atom stereocenters. The first-order chi connectivity index (χ1) is 18.7. The number of H-pyrrole nitrogens is 2. The molecule has 2 aliphatic rings. The molecule has 2 saturated heterocycles. The van der Waals surface area contributed by atoms with Gasteiger partial charge < -0.3 is 34.5 Å². The summed E-state index contributed by atoms with van der Waals surface area (Å²) in [6, 6.07) is 3.47. The third-order valence-corrected chi connectivity index (χ3v) is 6.71. The van der Waals surface area contributed by atoms with Crippen molar-refractivity contribution in [3.05, 3.63) is 32.7 Å². The fourth-order valence-electron chi connectivity index (χ4n) is 3.88. The molecule has 2 fully saturated rings. The number of halogens is 2. The van der Waals surface area contributed by atoms with Gasteiger partial charge in [0.1, 0.15) is 33.6 Å². The highest BCUT2D eigenvalue weighted by Crippen LogP contribution is 2.36. The lowest BCUT2D eigenvalue weighted by Crippen LogP contribution is -2.64. The summed E-state index contributed by atoms with van der Waals surface area (Å²) < 4.78 is 22.6. The van der Waals surface area contributed by atoms with Crippen LogP contribution in [0.15, 0.2) is 21.3 Å². The summed E-state index contributed by atoms with van der Waals surface area (Å²) in [5.41, 5.74) is 0.118. The number of likely N-dealkylation sites (tertiary alicyclic amines) is 1. The van der Waals surface area contributed by atoms with E-state index < -0.39 is 17.2 Å². The molecule has 0 atom stereocenters. The predicted molar refractivity (Wildman–Crippen MR) is 145 cm³/mol. The molecule has 14 nitrogen and oxygen atoms in total. The monoisotopic (exact) mass is 677 g/mol. The second kappa shape index (κ2) is 14.2. The minimum absolute atomic E-state index is 0.0556. The summed E-state index contributed by atoms with van der Waals surface area (Å²) in [4.78, 5) is 36.2. The van der Waals surface area contributed by atoms with Crippen molar-refractivity contribution in [3.8, 4) is 0 Å². The molecule has 0 aliphatic carbocycles. The lowest BCUT2D eigenvalue weighted by molar-refractivity contribution is -0.171. The minimum Gasteiger partial charge on any atom is -0.464 e. The Morgan fingerprint density at radius 3 is 1.77 bits per heavy atom. The van der Waals surface area contributed by atoms with Gasteiger partial charge in [0.05, 0.1) is 37.7 Å². The van der Waals surface area contributed by atoms with Gasteiger partial charge in [-0.05, 0) is 64.8 Å². The molecule has 216 valence electrons. The SMILES string of the molecule is CCNC(=O)N1CC(OCC(=O)OCC)(c2cc(Br)[nH]n2)C1.CCOC(=O)COC1(c2cc(Br)[nH]n2)CNC1. The number of hydrogen-bond donors (Lipinski definition) is 4. The molecule has 4 N–H and O–H groups in total. The smallest absolute Gasteiger partial charge is 0.332 e. The second-order valence-electron chi connectivity index (χ2n) is 8.67. The zero-order valence-corrected chi connectivity index (χ0v) is 25.1. The van der Waals surface area contributed by atoms with E-state index in [1.807, 2.05) is 13.0 Å². The normalized spacial score (nSPS) is 16.7. The van der Waals surface area contributed by atoms with E-state index >= 15 is 0 Å². The number of esters is 2. The summed E-state index contributed by atoms with van der Waals surface area (Å²) in [5, 5.41) is 19.7. The van der Waals surface area contributed by atoms with E-state index in [-0.39, 0.29) is 25.2 Å². The van der Waals surface area contributed by atoms with Gasteiger partial charge in [-0.15, -0.1) is 0 Å². The fraction of sp³-hybridized carbons (Fsp3) is 0.609. The minimum atomic E-state index is -0.791. The van der Waals surface area contributed by atoms with Gasteiger partial charge in [0.25, 0.3) is 0 Å². The second-order valence-corrected chi connectivity index (χ2v) is 10.4. The van der Waals surface area contributed by atoms with Crippen LogP contribution in [0.1, 0.15) is 32.2 Å². The predicted octanol–water partition coefficient (Wildman–Crippen LogP) is 1.54. The van der Waals surface area contributed by atoms with E-state index in [4.69, 9.17) is 18.9 Å². The van der Waals surface area contributed by atoms with E-state index in [2.05, 4.69) is 62.9 Å². The molecular weight excluding hydrogens is 646 g/mol. The molecular formula is C23H33Br2N7O7. The highest BCUT2D eigenvalue weighted by molar-refractivity contribution is 9.10. The van der Waals surface area contributed by atoms with Gasteiger partial charge in [0.2, 0.25) is 0 Å². The Labute approximate surface area is 242 Å². The number of nitrogens with one attached hydrogen (secondary N) is 4. The average molecular weight is 679 g/mol. The van der Waals surface area contributed by atoms with Crippen LogP contribution >= 0.6 is 31.9 Å². The van der Waals surface area contributed by atoms with E-state index in [1.54, 1.807) is 24.8 Å². The summed E-state index contributed by atoms with van der Waals surface area (Å²) >= 11 is 6.59. The maximum Gasteiger partial charge on any atom is 0.332 e. The van der Waals surface area contributed by atoms with Crippen molar-refractivity contribution in [1.29, 1.82) is 0 Å². The summed E-state index contributed by atoms with van der Waals surface area (Å²) in [5.74, 6) is -0.790. The molecule has 0 radical (unpaired) electrons. The maximum atomic E-state index is 11.8. The van der Waals surface area contributed by atoms with Crippen LogP contribution in [0.2, 0.25) is 0 Å². The highest BCUT2D eigenvalue weighted by atomic mass is 79.9. The van der Waals surface area contributed by atoms with Crippen LogP contribution in [0.3, 0.4) is 0 Å². The van der Waals surface area contributed by atoms with Crippen molar-refractivity contribution in [2.45, 2.75) is 32.0 Å². The number of amides is 2. The number of urea groups is 1. The van der Waals surface area contributed by atoms with Gasteiger partial charge in [-0.2, -0.15) is 10.2 Å². The van der Waals surface area contributed by atoms with E-state index in [0.717, 1.165) is 10.3 Å². The van der Waals surface area contributed by atoms with E-state index in [1.165, 1.54) is 0 Å². The molecule has 4 rings (SSSR count). The Kier molecular flexibility index (Phi) is 11.3. The van der Waals surface area contributed by atoms with Gasteiger partial charge in [-0.25, -0.2) is 14.4 Å². The van der Waals surface area contributed by atoms with Crippen LogP contribution in [-0.2, 0) is 39.7 Å². The molecule has 4 heterocycles. The van der Waals surface area contributed by atoms with Gasteiger partial charge >= 0.3 is 18.0 Å². The zero-order chi connectivity index (χ0) is 28.5. The van der Waals surface area contributed by atoms with Crippen molar-refractivity contribution < 1.29 is 33.3 Å². The van der Waals surface area contributed by atoms with Crippen molar-refractivity contribution in [3.63, 3.8) is 0 Å². The van der Waals surface area contributed by atoms with Crippen molar-refractivity contribution in [2.24, 2.45) is 0 Å². The molecule has 2 amide bonds. The third kappa shape index (κ3) is 8.00. The molecule has 39 heavy (non-hydrogen) atoms. The van der Waals surface area contributed by atoms with Crippen LogP contribution in [0.25, 0.3) is 0 Å². The van der Waals surface area contributed by atoms with Gasteiger partial charge in [0, 0.05) is 19.6 Å². The Morgan fingerprint density at radius 2 is 1.38 bits per heavy atom. The van der Waals surface area contributed by atoms with Crippen molar-refractivity contribution in [2.75, 3.05) is 59.2 Å². The largest absolute Gasteiger partial charge is 0.464 e. The van der Waals surface area contributed by atoms with Crippen LogP contribution in [-0.4, -0.2) is 102 Å². The molecule has 0 aromatic carbocycles. The Morgan fingerprint density at radius 1 is 0.897 bits per heavy atom.